The van der Waals surface area contributed by atoms with E-state index in [2.05, 4.69) is 4.98 Å². The zero-order chi connectivity index (χ0) is 5.98. The molecule has 0 saturated carbocycles. The molecule has 4 heteroatoms. The number of nitrogens with zero attached hydrogens (tertiary/aromatic N) is 1. The fourth-order valence-electron chi connectivity index (χ4n) is 0.567. The fraction of sp³-hybridized carbons (Fsp3) is 0.167. The van der Waals surface area contributed by atoms with E-state index in [-0.39, 0.29) is 24.8 Å². The molecule has 0 spiro atoms. The number of pyridine rings is 1. The summed E-state index contributed by atoms with van der Waals surface area (Å²) in [6.07, 6.45) is 1.70. The molecule has 0 atom stereocenters. The SMILES string of the molecule is Cc1cc(N)ccn1.Cl.Cl. The molecule has 58 valence electrons. The minimum Gasteiger partial charge on any atom is -0.399 e. The Balaban J connectivity index is 0. The van der Waals surface area contributed by atoms with Crippen molar-refractivity contribution in [2.45, 2.75) is 6.92 Å². The Labute approximate surface area is 72.7 Å². The molecule has 0 aromatic carbocycles. The number of aromatic nitrogens is 1. The molecule has 0 bridgehead atoms. The van der Waals surface area contributed by atoms with Crippen LogP contribution in [-0.2, 0) is 0 Å². The van der Waals surface area contributed by atoms with Crippen LogP contribution >= 0.6 is 24.8 Å². The van der Waals surface area contributed by atoms with Gasteiger partial charge >= 0.3 is 0 Å². The predicted molar refractivity (Wildman–Crippen MR) is 47.9 cm³/mol. The molecule has 0 fully saturated rings. The second-order valence-corrected chi connectivity index (χ2v) is 1.73. The Kier molecular flexibility index (Phi) is 6.51. The number of hydrogen-bond donors (Lipinski definition) is 1. The van der Waals surface area contributed by atoms with Gasteiger partial charge in [-0.05, 0) is 19.1 Å². The molecule has 0 aliphatic carbocycles. The first-order chi connectivity index (χ1) is 3.79. The van der Waals surface area contributed by atoms with E-state index in [1.165, 1.54) is 0 Å². The zero-order valence-corrected chi connectivity index (χ0v) is 7.21. The van der Waals surface area contributed by atoms with E-state index in [1.54, 1.807) is 12.3 Å². The summed E-state index contributed by atoms with van der Waals surface area (Å²) in [6, 6.07) is 3.60. The third-order valence-electron chi connectivity index (χ3n) is 0.921. The number of anilines is 1. The van der Waals surface area contributed by atoms with E-state index in [0.717, 1.165) is 11.4 Å². The molecule has 1 heterocycles. The Hall–Kier alpha value is -0.470. The maximum atomic E-state index is 5.42. The number of hydrogen-bond acceptors (Lipinski definition) is 2. The molecule has 0 unspecified atom stereocenters. The van der Waals surface area contributed by atoms with Gasteiger partial charge < -0.3 is 5.73 Å². The summed E-state index contributed by atoms with van der Waals surface area (Å²) < 4.78 is 0. The van der Waals surface area contributed by atoms with Gasteiger partial charge in [0.1, 0.15) is 0 Å². The molecule has 0 aliphatic rings. The van der Waals surface area contributed by atoms with Crippen LogP contribution in [-0.4, -0.2) is 4.98 Å². The van der Waals surface area contributed by atoms with Crippen molar-refractivity contribution in [2.75, 3.05) is 5.73 Å². The summed E-state index contributed by atoms with van der Waals surface area (Å²) in [6.45, 7) is 1.91. The average molecular weight is 181 g/mol. The fourth-order valence-corrected chi connectivity index (χ4v) is 0.567. The smallest absolute Gasteiger partial charge is 0.0393 e. The van der Waals surface area contributed by atoms with Crippen molar-refractivity contribution in [1.82, 2.24) is 4.98 Å². The van der Waals surface area contributed by atoms with Crippen molar-refractivity contribution in [2.24, 2.45) is 0 Å². The number of aryl methyl sites for hydroxylation is 1. The van der Waals surface area contributed by atoms with Crippen molar-refractivity contribution in [3.05, 3.63) is 24.0 Å². The minimum absolute atomic E-state index is 0. The molecule has 10 heavy (non-hydrogen) atoms. The van der Waals surface area contributed by atoms with Crippen molar-refractivity contribution in [3.8, 4) is 0 Å². The molecule has 1 aromatic heterocycles. The highest BCUT2D eigenvalue weighted by atomic mass is 35.5. The Morgan fingerprint density at radius 1 is 1.40 bits per heavy atom. The second-order valence-electron chi connectivity index (χ2n) is 1.73. The molecule has 0 aliphatic heterocycles. The summed E-state index contributed by atoms with van der Waals surface area (Å²) in [5.74, 6) is 0. The van der Waals surface area contributed by atoms with Crippen molar-refractivity contribution in [3.63, 3.8) is 0 Å². The highest BCUT2D eigenvalue weighted by molar-refractivity contribution is 5.85. The molecule has 2 N–H and O–H groups in total. The first-order valence-corrected chi connectivity index (χ1v) is 2.47. The summed E-state index contributed by atoms with van der Waals surface area (Å²) >= 11 is 0. The van der Waals surface area contributed by atoms with Gasteiger partial charge in [-0.1, -0.05) is 0 Å². The maximum absolute atomic E-state index is 5.42. The van der Waals surface area contributed by atoms with Gasteiger partial charge in [0.05, 0.1) is 0 Å². The average Bonchev–Trinajstić information content (AvgIpc) is 1.64. The van der Waals surface area contributed by atoms with Gasteiger partial charge in [0.15, 0.2) is 0 Å². The molecule has 0 saturated heterocycles. The van der Waals surface area contributed by atoms with Gasteiger partial charge in [0.2, 0.25) is 0 Å². The van der Waals surface area contributed by atoms with E-state index >= 15 is 0 Å². The monoisotopic (exact) mass is 180 g/mol. The van der Waals surface area contributed by atoms with E-state index in [9.17, 15) is 0 Å². The molecule has 0 amide bonds. The van der Waals surface area contributed by atoms with Crippen molar-refractivity contribution in [1.29, 1.82) is 0 Å². The number of nitrogen functional groups attached to an aromatic ring is 1. The number of rotatable bonds is 0. The molecule has 1 aromatic rings. The summed E-state index contributed by atoms with van der Waals surface area (Å²) in [4.78, 5) is 3.96. The van der Waals surface area contributed by atoms with Crippen LogP contribution in [0.1, 0.15) is 5.69 Å². The highest BCUT2D eigenvalue weighted by Crippen LogP contribution is 1.99. The largest absolute Gasteiger partial charge is 0.399 e. The van der Waals surface area contributed by atoms with Crippen LogP contribution in [0.15, 0.2) is 18.3 Å². The number of halogens is 2. The lowest BCUT2D eigenvalue weighted by molar-refractivity contribution is 1.20. The van der Waals surface area contributed by atoms with Crippen molar-refractivity contribution >= 4 is 30.5 Å². The lowest BCUT2D eigenvalue weighted by Crippen LogP contribution is -1.85. The number of nitrogens with two attached hydrogens (primary N) is 1. The van der Waals surface area contributed by atoms with Crippen molar-refractivity contribution < 1.29 is 0 Å². The van der Waals surface area contributed by atoms with Gasteiger partial charge in [0.25, 0.3) is 0 Å². The lowest BCUT2D eigenvalue weighted by Gasteiger charge is -1.90. The highest BCUT2D eigenvalue weighted by Gasteiger charge is 1.82. The van der Waals surface area contributed by atoms with Gasteiger partial charge in [-0.25, -0.2) is 0 Å². The summed E-state index contributed by atoms with van der Waals surface area (Å²) in [5.41, 5.74) is 7.16. The Bertz CT molecular complexity index is 174. The normalized spacial score (nSPS) is 7.30. The molecule has 2 nitrogen and oxygen atoms in total. The van der Waals surface area contributed by atoms with Gasteiger partial charge in [-0.2, -0.15) is 0 Å². The molecule has 1 rings (SSSR count). The van der Waals surface area contributed by atoms with Crippen LogP contribution < -0.4 is 5.73 Å². The van der Waals surface area contributed by atoms with Crippen LogP contribution in [0.25, 0.3) is 0 Å². The zero-order valence-electron chi connectivity index (χ0n) is 5.57. The predicted octanol–water partition coefficient (Wildman–Crippen LogP) is 1.82. The molecular weight excluding hydrogens is 171 g/mol. The van der Waals surface area contributed by atoms with Crippen LogP contribution in [0.5, 0.6) is 0 Å². The van der Waals surface area contributed by atoms with E-state index in [4.69, 9.17) is 5.73 Å². The van der Waals surface area contributed by atoms with Gasteiger partial charge in [-0.15, -0.1) is 24.8 Å². The lowest BCUT2D eigenvalue weighted by atomic mass is 10.3. The topological polar surface area (TPSA) is 38.9 Å². The van der Waals surface area contributed by atoms with Gasteiger partial charge in [-0.3, -0.25) is 4.98 Å². The van der Waals surface area contributed by atoms with E-state index < -0.39 is 0 Å². The standard InChI is InChI=1S/C6H8N2.2ClH/c1-5-4-6(7)2-3-8-5;;/h2-4H,1H3,(H2,7,8);2*1H. The quantitative estimate of drug-likeness (QED) is 0.662. The summed E-state index contributed by atoms with van der Waals surface area (Å²) in [7, 11) is 0. The van der Waals surface area contributed by atoms with E-state index in [1.807, 2.05) is 13.0 Å². The Morgan fingerprint density at radius 3 is 2.30 bits per heavy atom. The third-order valence-corrected chi connectivity index (χ3v) is 0.921. The first kappa shape index (κ1) is 12.2. The molecule has 0 radical (unpaired) electrons. The Morgan fingerprint density at radius 2 is 2.00 bits per heavy atom. The summed E-state index contributed by atoms with van der Waals surface area (Å²) in [5, 5.41) is 0. The first-order valence-electron chi connectivity index (χ1n) is 2.47. The molecular formula is C6H10Cl2N2. The van der Waals surface area contributed by atoms with Crippen LogP contribution in [0, 0.1) is 6.92 Å². The van der Waals surface area contributed by atoms with Crippen LogP contribution in [0.2, 0.25) is 0 Å². The maximum Gasteiger partial charge on any atom is 0.0393 e. The third kappa shape index (κ3) is 3.54. The van der Waals surface area contributed by atoms with Crippen LogP contribution in [0.3, 0.4) is 0 Å². The van der Waals surface area contributed by atoms with Gasteiger partial charge in [0, 0.05) is 17.6 Å². The van der Waals surface area contributed by atoms with Crippen LogP contribution in [0.4, 0.5) is 5.69 Å². The second kappa shape index (κ2) is 5.33. The minimum atomic E-state index is 0. The van der Waals surface area contributed by atoms with E-state index in [0.29, 0.717) is 0 Å².